The van der Waals surface area contributed by atoms with Crippen LogP contribution < -0.4 is 0 Å². The molecule has 0 amide bonds. The summed E-state index contributed by atoms with van der Waals surface area (Å²) in [5, 5.41) is 10.8. The second-order valence-corrected chi connectivity index (χ2v) is 5.35. The number of aromatic nitrogens is 1. The highest BCUT2D eigenvalue weighted by Crippen LogP contribution is 2.21. The van der Waals surface area contributed by atoms with Gasteiger partial charge in [-0.05, 0) is 25.1 Å². The zero-order valence-corrected chi connectivity index (χ0v) is 14.4. The number of esters is 1. The third-order valence-corrected chi connectivity index (χ3v) is 3.56. The van der Waals surface area contributed by atoms with Crippen molar-refractivity contribution in [3.8, 4) is 0 Å². The first kappa shape index (κ1) is 19.2. The van der Waals surface area contributed by atoms with Crippen LogP contribution in [0.2, 0.25) is 5.15 Å². The fourth-order valence-corrected chi connectivity index (χ4v) is 2.26. The lowest BCUT2D eigenvalue weighted by Crippen LogP contribution is -2.28. The normalized spacial score (nSPS) is 11.9. The molecule has 1 heterocycles. The number of ether oxygens (including phenoxy) is 1. The van der Waals surface area contributed by atoms with Crippen molar-refractivity contribution < 1.29 is 19.2 Å². The molecule has 0 spiro atoms. The van der Waals surface area contributed by atoms with Crippen LogP contribution in [0.1, 0.15) is 17.3 Å². The van der Waals surface area contributed by atoms with Crippen molar-refractivity contribution in [2.75, 3.05) is 6.61 Å². The van der Waals surface area contributed by atoms with E-state index in [-0.39, 0.29) is 28.7 Å². The van der Waals surface area contributed by atoms with Crippen LogP contribution in [-0.4, -0.2) is 34.5 Å². The molecule has 2 rings (SSSR count). The Labute approximate surface area is 153 Å². The van der Waals surface area contributed by atoms with Gasteiger partial charge in [0.25, 0.3) is 5.69 Å². The number of pyridine rings is 1. The van der Waals surface area contributed by atoms with E-state index < -0.39 is 22.6 Å². The third kappa shape index (κ3) is 4.70. The molecular weight excluding hydrogens is 362 g/mol. The smallest absolute Gasteiger partial charge is 0.322 e. The maximum absolute atomic E-state index is 12.7. The Balaban J connectivity index is 2.35. The van der Waals surface area contributed by atoms with Gasteiger partial charge in [-0.15, -0.1) is 0 Å². The number of rotatable bonds is 7. The summed E-state index contributed by atoms with van der Waals surface area (Å²) in [7, 11) is 0. The van der Waals surface area contributed by atoms with Gasteiger partial charge in [-0.25, -0.2) is 4.98 Å². The van der Waals surface area contributed by atoms with Crippen molar-refractivity contribution in [1.82, 2.24) is 4.98 Å². The third-order valence-electron chi connectivity index (χ3n) is 3.26. The lowest BCUT2D eigenvalue weighted by Gasteiger charge is -2.11. The first-order chi connectivity index (χ1) is 12.4. The highest BCUT2D eigenvalue weighted by Gasteiger charge is 2.29. The molecule has 0 aliphatic carbocycles. The highest BCUT2D eigenvalue weighted by molar-refractivity contribution is 6.34. The van der Waals surface area contributed by atoms with Crippen LogP contribution in [0.25, 0.3) is 0 Å². The van der Waals surface area contributed by atoms with Gasteiger partial charge in [0.15, 0.2) is 11.7 Å². The molecule has 2 aromatic rings. The molecular formula is C17H14ClN3O5. The monoisotopic (exact) mass is 375 g/mol. The number of nitro groups is 1. The second-order valence-electron chi connectivity index (χ2n) is 4.99. The molecule has 1 unspecified atom stereocenters. The summed E-state index contributed by atoms with van der Waals surface area (Å²) in [5.74, 6) is -2.78. The minimum Gasteiger partial charge on any atom is -0.465 e. The molecule has 1 atom stereocenters. The Morgan fingerprint density at radius 1 is 1.38 bits per heavy atom. The van der Waals surface area contributed by atoms with Crippen molar-refractivity contribution in [1.29, 1.82) is 0 Å². The van der Waals surface area contributed by atoms with Gasteiger partial charge < -0.3 is 4.74 Å². The number of carbonyl (C=O) groups excluding carboxylic acids is 2. The number of aliphatic imine (C=N–C) groups is 1. The predicted molar refractivity (Wildman–Crippen MR) is 94.9 cm³/mol. The van der Waals surface area contributed by atoms with E-state index in [0.29, 0.717) is 0 Å². The molecule has 0 aliphatic rings. The van der Waals surface area contributed by atoms with Crippen molar-refractivity contribution in [3.63, 3.8) is 0 Å². The number of non-ortho nitro benzene ring substituents is 1. The number of benzene rings is 1. The first-order valence-corrected chi connectivity index (χ1v) is 7.91. The maximum atomic E-state index is 12.7. The van der Waals surface area contributed by atoms with E-state index in [1.165, 1.54) is 42.6 Å². The number of hydrogen-bond acceptors (Lipinski definition) is 7. The molecule has 0 saturated heterocycles. The first-order valence-electron chi connectivity index (χ1n) is 7.54. The molecule has 0 N–H and O–H groups in total. The summed E-state index contributed by atoms with van der Waals surface area (Å²) in [6, 6.07) is 8.43. The summed E-state index contributed by atoms with van der Waals surface area (Å²) in [6.45, 7) is 1.68. The van der Waals surface area contributed by atoms with E-state index >= 15 is 0 Å². The Morgan fingerprint density at radius 2 is 2.15 bits per heavy atom. The lowest BCUT2D eigenvalue weighted by atomic mass is 10.00. The number of ketones is 1. The topological polar surface area (TPSA) is 112 Å². The molecule has 0 saturated carbocycles. The molecule has 0 fully saturated rings. The van der Waals surface area contributed by atoms with E-state index in [9.17, 15) is 19.7 Å². The molecule has 1 aromatic carbocycles. The Hall–Kier alpha value is -3.13. The molecule has 26 heavy (non-hydrogen) atoms. The molecule has 8 nitrogen and oxygen atoms in total. The largest absolute Gasteiger partial charge is 0.465 e. The van der Waals surface area contributed by atoms with Crippen LogP contribution in [0.3, 0.4) is 0 Å². The fraction of sp³-hybridized carbons (Fsp3) is 0.176. The zero-order chi connectivity index (χ0) is 19.1. The van der Waals surface area contributed by atoms with E-state index in [4.69, 9.17) is 16.3 Å². The van der Waals surface area contributed by atoms with Gasteiger partial charge in [-0.3, -0.25) is 24.7 Å². The average molecular weight is 376 g/mol. The average Bonchev–Trinajstić information content (AvgIpc) is 2.62. The zero-order valence-electron chi connectivity index (χ0n) is 13.7. The fourth-order valence-electron chi connectivity index (χ4n) is 2.05. The van der Waals surface area contributed by atoms with Crippen molar-refractivity contribution in [2.24, 2.45) is 10.9 Å². The van der Waals surface area contributed by atoms with Crippen LogP contribution >= 0.6 is 11.6 Å². The number of Topliss-reactive ketones (excluding diaryl/α,β-unsaturated/α-hetero) is 1. The summed E-state index contributed by atoms with van der Waals surface area (Å²) in [4.78, 5) is 42.9. The highest BCUT2D eigenvalue weighted by atomic mass is 35.5. The van der Waals surface area contributed by atoms with Crippen LogP contribution in [-0.2, 0) is 9.53 Å². The molecule has 0 bridgehead atoms. The van der Waals surface area contributed by atoms with Gasteiger partial charge in [-0.1, -0.05) is 17.7 Å². The molecule has 1 aromatic heterocycles. The Kier molecular flexibility index (Phi) is 6.51. The molecule has 0 aliphatic heterocycles. The van der Waals surface area contributed by atoms with Gasteiger partial charge in [0.1, 0.15) is 5.15 Å². The SMILES string of the molecule is CCOC(=O)C(C=Nc1cccc([N+](=O)[O-])c1)C(=O)c1cccnc1Cl. The van der Waals surface area contributed by atoms with E-state index in [1.807, 2.05) is 0 Å². The number of halogens is 1. The van der Waals surface area contributed by atoms with Crippen LogP contribution in [0.4, 0.5) is 11.4 Å². The van der Waals surface area contributed by atoms with Crippen molar-refractivity contribution >= 4 is 40.9 Å². The Morgan fingerprint density at radius 3 is 2.81 bits per heavy atom. The van der Waals surface area contributed by atoms with Crippen molar-refractivity contribution in [3.05, 3.63) is 63.4 Å². The second kappa shape index (κ2) is 8.82. The maximum Gasteiger partial charge on any atom is 0.322 e. The summed E-state index contributed by atoms with van der Waals surface area (Å²) in [5.41, 5.74) is 0.116. The lowest BCUT2D eigenvalue weighted by molar-refractivity contribution is -0.384. The van der Waals surface area contributed by atoms with Crippen molar-refractivity contribution in [2.45, 2.75) is 6.92 Å². The quantitative estimate of drug-likeness (QED) is 0.139. The standard InChI is InChI=1S/C17H14ClN3O5/c1-2-26-17(23)14(15(22)13-7-4-8-19-16(13)18)10-20-11-5-3-6-12(9-11)21(24)25/h3-10,14H,2H2,1H3. The number of nitrogens with zero attached hydrogens (tertiary/aromatic N) is 3. The minimum atomic E-state index is -1.35. The number of hydrogen-bond donors (Lipinski definition) is 0. The van der Waals surface area contributed by atoms with Gasteiger partial charge in [0.2, 0.25) is 0 Å². The molecule has 9 heteroatoms. The minimum absolute atomic E-state index is 0.0458. The summed E-state index contributed by atoms with van der Waals surface area (Å²) >= 11 is 5.91. The van der Waals surface area contributed by atoms with Gasteiger partial charge in [0.05, 0.1) is 22.8 Å². The molecule has 0 radical (unpaired) electrons. The number of nitro benzene ring substituents is 1. The molecule has 134 valence electrons. The number of carbonyl (C=O) groups is 2. The van der Waals surface area contributed by atoms with Crippen LogP contribution in [0.5, 0.6) is 0 Å². The van der Waals surface area contributed by atoms with Gasteiger partial charge in [-0.2, -0.15) is 0 Å². The van der Waals surface area contributed by atoms with E-state index in [2.05, 4.69) is 9.98 Å². The predicted octanol–water partition coefficient (Wildman–Crippen LogP) is 3.41. The van der Waals surface area contributed by atoms with E-state index in [0.717, 1.165) is 6.21 Å². The Bertz CT molecular complexity index is 869. The van der Waals surface area contributed by atoms with Crippen LogP contribution in [0, 0.1) is 16.0 Å². The van der Waals surface area contributed by atoms with Gasteiger partial charge >= 0.3 is 5.97 Å². The summed E-state index contributed by atoms with van der Waals surface area (Å²) in [6.07, 6.45) is 2.50. The van der Waals surface area contributed by atoms with Crippen LogP contribution in [0.15, 0.2) is 47.6 Å². The van der Waals surface area contributed by atoms with E-state index in [1.54, 1.807) is 6.92 Å². The van der Waals surface area contributed by atoms with Gasteiger partial charge in [0, 0.05) is 24.5 Å². The summed E-state index contributed by atoms with van der Waals surface area (Å²) < 4.78 is 4.91.